The van der Waals surface area contributed by atoms with E-state index in [0.717, 1.165) is 5.69 Å². The second-order valence-electron chi connectivity index (χ2n) is 4.14. The molecule has 2 N–H and O–H groups in total. The van der Waals surface area contributed by atoms with Crippen LogP contribution in [0.15, 0.2) is 54.6 Å². The van der Waals surface area contributed by atoms with Crippen molar-refractivity contribution in [1.29, 1.82) is 0 Å². The Bertz CT molecular complexity index is 591. The molecule has 2 rings (SSSR count). The maximum absolute atomic E-state index is 12.3. The van der Waals surface area contributed by atoms with Crippen LogP contribution < -0.4 is 15.4 Å². The molecule has 21 heavy (non-hydrogen) atoms. The van der Waals surface area contributed by atoms with Crippen molar-refractivity contribution in [3.63, 3.8) is 0 Å². The standard InChI is InChI=1S/C15H14F2N2O2/c16-15(17)21-13-9-5-4-8-12(13)19-14(20)10-18-11-6-2-1-3-7-11/h1-9,15,18H,10H2,(H,19,20). The van der Waals surface area contributed by atoms with E-state index in [2.05, 4.69) is 15.4 Å². The zero-order valence-electron chi connectivity index (χ0n) is 11.1. The van der Waals surface area contributed by atoms with Crippen molar-refractivity contribution in [3.8, 4) is 5.75 Å². The Kier molecular flexibility index (Phi) is 5.09. The number of anilines is 2. The van der Waals surface area contributed by atoms with Crippen molar-refractivity contribution in [2.45, 2.75) is 6.61 Å². The largest absolute Gasteiger partial charge is 0.433 e. The lowest BCUT2D eigenvalue weighted by molar-refractivity contribution is -0.114. The predicted molar refractivity (Wildman–Crippen MR) is 76.6 cm³/mol. The number of hydrogen-bond donors (Lipinski definition) is 2. The monoisotopic (exact) mass is 292 g/mol. The number of rotatable bonds is 6. The molecule has 0 unspecified atom stereocenters. The Balaban J connectivity index is 1.93. The number of amides is 1. The molecule has 0 aliphatic heterocycles. The Morgan fingerprint density at radius 1 is 1.05 bits per heavy atom. The Labute approximate surface area is 120 Å². The summed E-state index contributed by atoms with van der Waals surface area (Å²) >= 11 is 0. The van der Waals surface area contributed by atoms with Crippen molar-refractivity contribution in [2.75, 3.05) is 17.2 Å². The van der Waals surface area contributed by atoms with Gasteiger partial charge < -0.3 is 15.4 Å². The minimum atomic E-state index is -2.94. The van der Waals surface area contributed by atoms with E-state index in [0.29, 0.717) is 0 Å². The van der Waals surface area contributed by atoms with Crippen LogP contribution in [0.5, 0.6) is 5.75 Å². The van der Waals surface area contributed by atoms with Crippen molar-refractivity contribution in [3.05, 3.63) is 54.6 Å². The maximum atomic E-state index is 12.3. The van der Waals surface area contributed by atoms with Gasteiger partial charge in [-0.05, 0) is 24.3 Å². The number of carbonyl (C=O) groups excluding carboxylic acids is 1. The molecular weight excluding hydrogens is 278 g/mol. The van der Waals surface area contributed by atoms with E-state index < -0.39 is 6.61 Å². The number of halogens is 2. The van der Waals surface area contributed by atoms with Crippen molar-refractivity contribution < 1.29 is 18.3 Å². The first-order chi connectivity index (χ1) is 10.1. The van der Waals surface area contributed by atoms with Crippen LogP contribution >= 0.6 is 0 Å². The first kappa shape index (κ1) is 14.8. The highest BCUT2D eigenvalue weighted by molar-refractivity contribution is 5.95. The van der Waals surface area contributed by atoms with Crippen molar-refractivity contribution in [2.24, 2.45) is 0 Å². The number of nitrogens with one attached hydrogen (secondary N) is 2. The highest BCUT2D eigenvalue weighted by Crippen LogP contribution is 2.25. The summed E-state index contributed by atoms with van der Waals surface area (Å²) in [6.45, 7) is -2.92. The van der Waals surface area contributed by atoms with E-state index in [1.54, 1.807) is 12.1 Å². The summed E-state index contributed by atoms with van der Waals surface area (Å²) in [6.07, 6.45) is 0. The zero-order valence-corrected chi connectivity index (χ0v) is 11.1. The lowest BCUT2D eigenvalue weighted by Crippen LogP contribution is -2.22. The first-order valence-corrected chi connectivity index (χ1v) is 6.28. The quantitative estimate of drug-likeness (QED) is 0.858. The summed E-state index contributed by atoms with van der Waals surface area (Å²) in [5, 5.41) is 5.45. The van der Waals surface area contributed by atoms with E-state index >= 15 is 0 Å². The summed E-state index contributed by atoms with van der Waals surface area (Å²) < 4.78 is 28.9. The third kappa shape index (κ3) is 4.76. The van der Waals surface area contributed by atoms with Gasteiger partial charge in [0.2, 0.25) is 5.91 Å². The van der Waals surface area contributed by atoms with Gasteiger partial charge in [0, 0.05) is 5.69 Å². The third-order valence-electron chi connectivity index (χ3n) is 2.60. The topological polar surface area (TPSA) is 50.4 Å². The average molecular weight is 292 g/mol. The third-order valence-corrected chi connectivity index (χ3v) is 2.60. The minimum absolute atomic E-state index is 0.0209. The number of carbonyl (C=O) groups is 1. The fourth-order valence-corrected chi connectivity index (χ4v) is 1.70. The summed E-state index contributed by atoms with van der Waals surface area (Å²) in [7, 11) is 0. The summed E-state index contributed by atoms with van der Waals surface area (Å²) in [6, 6.07) is 15.2. The van der Waals surface area contributed by atoms with Crippen molar-refractivity contribution >= 4 is 17.3 Å². The van der Waals surface area contributed by atoms with Crippen LogP contribution in [0.25, 0.3) is 0 Å². The van der Waals surface area contributed by atoms with Crippen LogP contribution in [0.2, 0.25) is 0 Å². The van der Waals surface area contributed by atoms with Crippen LogP contribution in [0, 0.1) is 0 Å². The van der Waals surface area contributed by atoms with Gasteiger partial charge in [0.15, 0.2) is 0 Å². The normalized spacial score (nSPS) is 10.2. The molecular formula is C15H14F2N2O2. The Morgan fingerprint density at radius 2 is 1.71 bits per heavy atom. The number of hydrogen-bond acceptors (Lipinski definition) is 3. The molecule has 0 fully saturated rings. The van der Waals surface area contributed by atoms with E-state index in [4.69, 9.17) is 0 Å². The molecule has 4 nitrogen and oxygen atoms in total. The van der Waals surface area contributed by atoms with Crippen LogP contribution in [0.3, 0.4) is 0 Å². The van der Waals surface area contributed by atoms with E-state index in [-0.39, 0.29) is 23.9 Å². The molecule has 0 heterocycles. The molecule has 0 aliphatic rings. The minimum Gasteiger partial charge on any atom is -0.433 e. The van der Waals surface area contributed by atoms with Gasteiger partial charge in [0.1, 0.15) is 5.75 Å². The van der Waals surface area contributed by atoms with Gasteiger partial charge in [-0.25, -0.2) is 0 Å². The lowest BCUT2D eigenvalue weighted by Gasteiger charge is -2.12. The fourth-order valence-electron chi connectivity index (χ4n) is 1.70. The molecule has 110 valence electrons. The smallest absolute Gasteiger partial charge is 0.387 e. The molecule has 0 aliphatic carbocycles. The number of alkyl halides is 2. The fraction of sp³-hybridized carbons (Fsp3) is 0.133. The molecule has 0 atom stereocenters. The van der Waals surface area contributed by atoms with Gasteiger partial charge in [0.25, 0.3) is 0 Å². The van der Waals surface area contributed by atoms with Crippen LogP contribution in [0.4, 0.5) is 20.2 Å². The van der Waals surface area contributed by atoms with Crippen LogP contribution in [-0.2, 0) is 4.79 Å². The van der Waals surface area contributed by atoms with Gasteiger partial charge in [-0.15, -0.1) is 0 Å². The highest BCUT2D eigenvalue weighted by atomic mass is 19.3. The van der Waals surface area contributed by atoms with Gasteiger partial charge in [0.05, 0.1) is 12.2 Å². The SMILES string of the molecule is O=C(CNc1ccccc1)Nc1ccccc1OC(F)F. The first-order valence-electron chi connectivity index (χ1n) is 6.28. The molecule has 6 heteroatoms. The lowest BCUT2D eigenvalue weighted by atomic mass is 10.3. The van der Waals surface area contributed by atoms with Gasteiger partial charge in [-0.2, -0.15) is 8.78 Å². The van der Waals surface area contributed by atoms with Crippen molar-refractivity contribution in [1.82, 2.24) is 0 Å². The molecule has 0 bridgehead atoms. The predicted octanol–water partition coefficient (Wildman–Crippen LogP) is 3.34. The Hall–Kier alpha value is -2.63. The summed E-state index contributed by atoms with van der Waals surface area (Å²) in [5.74, 6) is -0.426. The van der Waals surface area contributed by atoms with E-state index in [1.807, 2.05) is 30.3 Å². The second-order valence-corrected chi connectivity index (χ2v) is 4.14. The molecule has 0 aromatic heterocycles. The average Bonchev–Trinajstić information content (AvgIpc) is 2.48. The number of benzene rings is 2. The Morgan fingerprint density at radius 3 is 2.43 bits per heavy atom. The molecule has 0 saturated carbocycles. The van der Waals surface area contributed by atoms with Crippen LogP contribution in [-0.4, -0.2) is 19.1 Å². The molecule has 0 saturated heterocycles. The second kappa shape index (κ2) is 7.23. The summed E-state index contributed by atoms with van der Waals surface area (Å²) in [4.78, 5) is 11.8. The molecule has 2 aromatic rings. The summed E-state index contributed by atoms with van der Waals surface area (Å²) in [5.41, 5.74) is 1.00. The van der Waals surface area contributed by atoms with Gasteiger partial charge in [-0.3, -0.25) is 4.79 Å². The molecule has 1 amide bonds. The van der Waals surface area contributed by atoms with Crippen LogP contribution in [0.1, 0.15) is 0 Å². The van der Waals surface area contributed by atoms with Gasteiger partial charge in [-0.1, -0.05) is 30.3 Å². The van der Waals surface area contributed by atoms with E-state index in [1.165, 1.54) is 12.1 Å². The number of ether oxygens (including phenoxy) is 1. The number of para-hydroxylation sites is 3. The zero-order chi connectivity index (χ0) is 15.1. The molecule has 0 spiro atoms. The molecule has 2 aromatic carbocycles. The molecule has 0 radical (unpaired) electrons. The highest BCUT2D eigenvalue weighted by Gasteiger charge is 2.11. The van der Waals surface area contributed by atoms with Gasteiger partial charge >= 0.3 is 6.61 Å². The van der Waals surface area contributed by atoms with E-state index in [9.17, 15) is 13.6 Å². The maximum Gasteiger partial charge on any atom is 0.387 e.